The highest BCUT2D eigenvalue weighted by atomic mass is 32.2. The Hall–Kier alpha value is -0.140. The molecule has 2 rings (SSSR count). The van der Waals surface area contributed by atoms with Crippen LogP contribution in [0.4, 0.5) is 0 Å². The summed E-state index contributed by atoms with van der Waals surface area (Å²) in [7, 11) is 0. The highest BCUT2D eigenvalue weighted by Gasteiger charge is 2.55. The average Bonchev–Trinajstić information content (AvgIpc) is 2.80. The molecule has 2 aliphatic rings. The van der Waals surface area contributed by atoms with Crippen LogP contribution >= 0.6 is 24.0 Å². The number of thiocarbonyl (C=S) groups is 1. The molecule has 0 bridgehead atoms. The van der Waals surface area contributed by atoms with Crippen molar-refractivity contribution in [1.82, 2.24) is 0 Å². The quantitative estimate of drug-likeness (QED) is 0.587. The van der Waals surface area contributed by atoms with Gasteiger partial charge in [0.25, 0.3) is 0 Å². The molecule has 0 unspecified atom stereocenters. The third kappa shape index (κ3) is 3.49. The lowest BCUT2D eigenvalue weighted by atomic mass is 10.1. The highest BCUT2D eigenvalue weighted by Crippen LogP contribution is 2.40. The zero-order chi connectivity index (χ0) is 14.0. The molecule has 4 nitrogen and oxygen atoms in total. The number of allylic oxidation sites excluding steroid dienone is 1. The van der Waals surface area contributed by atoms with Crippen LogP contribution in [0.25, 0.3) is 0 Å². The molecule has 0 spiro atoms. The van der Waals surface area contributed by atoms with E-state index in [0.29, 0.717) is 4.38 Å². The second-order valence-corrected chi connectivity index (χ2v) is 6.45. The Kier molecular flexibility index (Phi) is 4.89. The predicted molar refractivity (Wildman–Crippen MR) is 79.1 cm³/mol. The van der Waals surface area contributed by atoms with Crippen molar-refractivity contribution >= 4 is 28.4 Å². The molecule has 0 N–H and O–H groups in total. The zero-order valence-electron chi connectivity index (χ0n) is 11.5. The number of hydrogen-bond donors (Lipinski definition) is 0. The summed E-state index contributed by atoms with van der Waals surface area (Å²) in [6.45, 7) is 7.48. The summed E-state index contributed by atoms with van der Waals surface area (Å²) in [5, 5.41) is 0. The fourth-order valence-electron chi connectivity index (χ4n) is 2.36. The van der Waals surface area contributed by atoms with Crippen LogP contribution in [0.5, 0.6) is 0 Å². The summed E-state index contributed by atoms with van der Waals surface area (Å²) in [5.41, 5.74) is 0. The maximum atomic E-state index is 5.89. The molecule has 0 aliphatic carbocycles. The van der Waals surface area contributed by atoms with Crippen LogP contribution in [0.3, 0.4) is 0 Å². The minimum atomic E-state index is -0.638. The molecule has 19 heavy (non-hydrogen) atoms. The first-order valence-corrected chi connectivity index (χ1v) is 7.97. The summed E-state index contributed by atoms with van der Waals surface area (Å²) < 4.78 is 23.8. The highest BCUT2D eigenvalue weighted by molar-refractivity contribution is 8.22. The maximum Gasteiger partial charge on any atom is 0.220 e. The summed E-state index contributed by atoms with van der Waals surface area (Å²) >= 11 is 6.55. The molecule has 0 aromatic heterocycles. The Labute approximate surface area is 123 Å². The summed E-state index contributed by atoms with van der Waals surface area (Å²) in [6.07, 6.45) is 4.55. The second kappa shape index (κ2) is 6.10. The first-order chi connectivity index (χ1) is 8.96. The van der Waals surface area contributed by atoms with Gasteiger partial charge < -0.3 is 18.9 Å². The van der Waals surface area contributed by atoms with Crippen LogP contribution in [0.1, 0.15) is 26.7 Å². The standard InChI is InChI=1S/C13H20O4S2/c1-5-6-7-8-9(15-12(18)19-4)10-11(14-8)17-13(2,3)16-10/h5,8-11H,1,6-7H2,2-4H3/t8-,9+,10-,11-/m1/s1. The second-order valence-electron chi connectivity index (χ2n) is 5.05. The van der Waals surface area contributed by atoms with Crippen LogP contribution in [0, 0.1) is 0 Å². The fourth-order valence-corrected chi connectivity index (χ4v) is 2.68. The molecule has 2 aliphatic heterocycles. The van der Waals surface area contributed by atoms with Crippen molar-refractivity contribution < 1.29 is 18.9 Å². The molecular formula is C13H20O4S2. The van der Waals surface area contributed by atoms with E-state index in [1.807, 2.05) is 26.2 Å². The van der Waals surface area contributed by atoms with Gasteiger partial charge in [0, 0.05) is 0 Å². The molecule has 0 saturated carbocycles. The van der Waals surface area contributed by atoms with Crippen molar-refractivity contribution in [3.05, 3.63) is 12.7 Å². The van der Waals surface area contributed by atoms with E-state index in [-0.39, 0.29) is 24.6 Å². The van der Waals surface area contributed by atoms with E-state index in [1.54, 1.807) is 0 Å². The van der Waals surface area contributed by atoms with E-state index in [0.717, 1.165) is 12.8 Å². The van der Waals surface area contributed by atoms with Gasteiger partial charge in [-0.1, -0.05) is 17.8 Å². The average molecular weight is 304 g/mol. The van der Waals surface area contributed by atoms with E-state index < -0.39 is 5.79 Å². The molecule has 0 aromatic rings. The smallest absolute Gasteiger partial charge is 0.220 e. The zero-order valence-corrected chi connectivity index (χ0v) is 13.1. The number of hydrogen-bond acceptors (Lipinski definition) is 6. The van der Waals surface area contributed by atoms with Crippen molar-refractivity contribution in [2.24, 2.45) is 0 Å². The van der Waals surface area contributed by atoms with Gasteiger partial charge in [0.2, 0.25) is 4.38 Å². The summed E-state index contributed by atoms with van der Waals surface area (Å²) in [4.78, 5) is 0. The molecule has 0 aromatic carbocycles. The molecule has 108 valence electrons. The molecule has 0 radical (unpaired) electrons. The largest absolute Gasteiger partial charge is 0.469 e. The van der Waals surface area contributed by atoms with E-state index >= 15 is 0 Å². The van der Waals surface area contributed by atoms with E-state index in [1.165, 1.54) is 11.8 Å². The number of ether oxygens (including phenoxy) is 4. The Bertz CT molecular complexity index is 359. The lowest BCUT2D eigenvalue weighted by Crippen LogP contribution is -2.37. The third-order valence-corrected chi connectivity index (χ3v) is 4.17. The first kappa shape index (κ1) is 15.3. The summed E-state index contributed by atoms with van der Waals surface area (Å²) in [5.74, 6) is -0.638. The van der Waals surface area contributed by atoms with Crippen LogP contribution < -0.4 is 0 Å². The SMILES string of the molecule is C=CCC[C@H]1O[C@@H]2OC(C)(C)O[C@@H]2[C@H]1OC(=S)SC. The van der Waals surface area contributed by atoms with Crippen LogP contribution in [0.2, 0.25) is 0 Å². The van der Waals surface area contributed by atoms with E-state index in [4.69, 9.17) is 31.2 Å². The lowest BCUT2D eigenvalue weighted by Gasteiger charge is -2.26. The lowest BCUT2D eigenvalue weighted by molar-refractivity contribution is -0.214. The van der Waals surface area contributed by atoms with Crippen molar-refractivity contribution in [2.75, 3.05) is 6.26 Å². The van der Waals surface area contributed by atoms with Gasteiger partial charge >= 0.3 is 0 Å². The van der Waals surface area contributed by atoms with Gasteiger partial charge in [-0.2, -0.15) is 0 Å². The summed E-state index contributed by atoms with van der Waals surface area (Å²) in [6, 6.07) is 0. The molecule has 2 fully saturated rings. The fraction of sp³-hybridized carbons (Fsp3) is 0.769. The minimum Gasteiger partial charge on any atom is -0.469 e. The minimum absolute atomic E-state index is 0.0748. The molecular weight excluding hydrogens is 284 g/mol. The number of thioether (sulfide) groups is 1. The Balaban J connectivity index is 2.06. The predicted octanol–water partition coefficient (Wildman–Crippen LogP) is 2.86. The van der Waals surface area contributed by atoms with Crippen LogP contribution in [-0.2, 0) is 18.9 Å². The van der Waals surface area contributed by atoms with Gasteiger partial charge in [0.1, 0.15) is 6.10 Å². The van der Waals surface area contributed by atoms with Crippen LogP contribution in [0.15, 0.2) is 12.7 Å². The molecule has 4 atom stereocenters. The normalized spacial score (nSPS) is 35.9. The van der Waals surface area contributed by atoms with Crippen LogP contribution in [-0.4, -0.2) is 41.0 Å². The van der Waals surface area contributed by atoms with Crippen molar-refractivity contribution in [3.8, 4) is 0 Å². The number of fused-ring (bicyclic) bond motifs is 1. The number of rotatable bonds is 4. The van der Waals surface area contributed by atoms with Crippen molar-refractivity contribution in [3.63, 3.8) is 0 Å². The Morgan fingerprint density at radius 1 is 1.47 bits per heavy atom. The van der Waals surface area contributed by atoms with Gasteiger partial charge in [0.15, 0.2) is 24.3 Å². The van der Waals surface area contributed by atoms with Gasteiger partial charge in [-0.15, -0.1) is 6.58 Å². The first-order valence-electron chi connectivity index (χ1n) is 6.33. The molecule has 2 saturated heterocycles. The topological polar surface area (TPSA) is 36.9 Å². The van der Waals surface area contributed by atoms with Gasteiger partial charge in [0.05, 0.1) is 0 Å². The maximum absolute atomic E-state index is 5.89. The van der Waals surface area contributed by atoms with Crippen molar-refractivity contribution in [1.29, 1.82) is 0 Å². The Morgan fingerprint density at radius 3 is 2.84 bits per heavy atom. The van der Waals surface area contributed by atoms with Gasteiger partial charge in [-0.25, -0.2) is 0 Å². The Morgan fingerprint density at radius 2 is 2.21 bits per heavy atom. The van der Waals surface area contributed by atoms with Gasteiger partial charge in [-0.3, -0.25) is 0 Å². The van der Waals surface area contributed by atoms with E-state index in [9.17, 15) is 0 Å². The van der Waals surface area contributed by atoms with Crippen molar-refractivity contribution in [2.45, 2.75) is 57.1 Å². The molecule has 0 amide bonds. The molecule has 2 heterocycles. The molecule has 6 heteroatoms. The van der Waals surface area contributed by atoms with Gasteiger partial charge in [-0.05, 0) is 45.2 Å². The van der Waals surface area contributed by atoms with E-state index in [2.05, 4.69) is 6.58 Å². The monoisotopic (exact) mass is 304 g/mol. The third-order valence-electron chi connectivity index (χ3n) is 3.14.